The Kier molecular flexibility index (Phi) is 3.72. The van der Waals surface area contributed by atoms with Crippen LogP contribution >= 0.6 is 22.9 Å². The average Bonchev–Trinajstić information content (AvgIpc) is 2.78. The fourth-order valence-electron chi connectivity index (χ4n) is 1.35. The molecule has 2 rings (SSSR count). The Labute approximate surface area is 119 Å². The van der Waals surface area contributed by atoms with Gasteiger partial charge < -0.3 is 0 Å². The van der Waals surface area contributed by atoms with Crippen molar-refractivity contribution in [2.45, 2.75) is 13.3 Å². The fraction of sp³-hybridized carbons (Fsp3) is 0. The number of benzene rings is 1. The van der Waals surface area contributed by atoms with Gasteiger partial charge in [-0.3, -0.25) is 0 Å². The van der Waals surface area contributed by atoms with E-state index in [1.807, 2.05) is 0 Å². The van der Waals surface area contributed by atoms with Gasteiger partial charge in [0.1, 0.15) is 8.42 Å². The fourth-order valence-corrected chi connectivity index (χ4v) is 5.24. The van der Waals surface area contributed by atoms with Gasteiger partial charge in [0.25, 0.3) is 0 Å². The molecule has 19 heavy (non-hydrogen) atoms. The lowest BCUT2D eigenvalue weighted by atomic mass is 10.4. The summed E-state index contributed by atoms with van der Waals surface area (Å²) in [6, 6.07) is 8.11. The van der Waals surface area contributed by atoms with Gasteiger partial charge in [0, 0.05) is 5.02 Å². The van der Waals surface area contributed by atoms with Crippen LogP contribution in [0.1, 0.15) is 0 Å². The van der Waals surface area contributed by atoms with E-state index < -0.39 is 19.9 Å². The van der Waals surface area contributed by atoms with E-state index in [0.29, 0.717) is 11.3 Å². The van der Waals surface area contributed by atoms with Crippen LogP contribution in [0.2, 0.25) is 5.02 Å². The first-order chi connectivity index (χ1) is 8.71. The summed E-state index contributed by atoms with van der Waals surface area (Å²) < 4.78 is 46.5. The number of nitrogens with two attached hydrogens (primary N) is 1. The highest BCUT2D eigenvalue weighted by molar-refractivity contribution is 7.95. The van der Waals surface area contributed by atoms with Crippen LogP contribution in [-0.4, -0.2) is 16.8 Å². The monoisotopic (exact) mass is 337 g/mol. The summed E-state index contributed by atoms with van der Waals surface area (Å²) in [5.74, 6) is 0. The highest BCUT2D eigenvalue weighted by atomic mass is 35.5. The molecule has 102 valence electrons. The minimum atomic E-state index is -3.90. The topological polar surface area (TPSA) is 94.3 Å². The summed E-state index contributed by atoms with van der Waals surface area (Å²) in [7, 11) is -7.69. The highest BCUT2D eigenvalue weighted by Crippen LogP contribution is 2.30. The number of rotatable bonds is 3. The Morgan fingerprint density at radius 2 is 1.63 bits per heavy atom. The second-order valence-electron chi connectivity index (χ2n) is 3.58. The summed E-state index contributed by atoms with van der Waals surface area (Å²) in [6.07, 6.45) is 0. The molecule has 0 bridgehead atoms. The number of primary sulfonamides is 1. The van der Waals surface area contributed by atoms with Crippen LogP contribution < -0.4 is 5.14 Å². The molecule has 1 aromatic carbocycles. The molecule has 0 unspecified atom stereocenters. The van der Waals surface area contributed by atoms with Gasteiger partial charge in [-0.15, -0.1) is 11.3 Å². The van der Waals surface area contributed by atoms with Gasteiger partial charge in [0.2, 0.25) is 19.9 Å². The van der Waals surface area contributed by atoms with Gasteiger partial charge in [-0.25, -0.2) is 22.0 Å². The molecular formula is C10H8ClNO4S3. The number of halogens is 1. The number of hydrogen-bond acceptors (Lipinski definition) is 5. The molecule has 0 atom stereocenters. The Balaban J connectivity index is 2.55. The summed E-state index contributed by atoms with van der Waals surface area (Å²) in [5.41, 5.74) is 0. The van der Waals surface area contributed by atoms with Gasteiger partial charge in [-0.1, -0.05) is 17.7 Å². The van der Waals surface area contributed by atoms with Crippen molar-refractivity contribution in [1.82, 2.24) is 0 Å². The molecule has 1 aromatic heterocycles. The predicted molar refractivity (Wildman–Crippen MR) is 72.6 cm³/mol. The van der Waals surface area contributed by atoms with Crippen molar-refractivity contribution in [1.29, 1.82) is 0 Å². The number of hydrogen-bond donors (Lipinski definition) is 1. The Hall–Kier alpha value is -0.930. The standard InChI is InChI=1S/C10H8ClNO4S3/c11-7-2-1-3-8(6-7)18(13,14)9-4-5-10(17-9)19(12,15)16/h1-6H,(H2,12,15,16). The van der Waals surface area contributed by atoms with Gasteiger partial charge in [0.05, 0.1) is 4.90 Å². The first kappa shape index (κ1) is 14.5. The Morgan fingerprint density at radius 1 is 1.00 bits per heavy atom. The predicted octanol–water partition coefficient (Wildman–Crippen LogP) is 1.88. The van der Waals surface area contributed by atoms with Crippen LogP contribution in [0.15, 0.2) is 49.7 Å². The summed E-state index contributed by atoms with van der Waals surface area (Å²) in [5, 5.41) is 5.22. The second kappa shape index (κ2) is 4.88. The normalized spacial score (nSPS) is 12.5. The lowest BCUT2D eigenvalue weighted by Gasteiger charge is -2.01. The first-order valence-corrected chi connectivity index (χ1v) is 9.07. The second-order valence-corrected chi connectivity index (χ2v) is 9.06. The van der Waals surface area contributed by atoms with Crippen LogP contribution in [0.3, 0.4) is 0 Å². The lowest BCUT2D eigenvalue weighted by molar-refractivity contribution is 0.597. The highest BCUT2D eigenvalue weighted by Gasteiger charge is 2.22. The van der Waals surface area contributed by atoms with E-state index in [1.165, 1.54) is 24.3 Å². The molecule has 0 saturated heterocycles. The third kappa shape index (κ3) is 2.98. The van der Waals surface area contributed by atoms with E-state index in [4.69, 9.17) is 16.7 Å². The molecule has 1 heterocycles. The van der Waals surface area contributed by atoms with Gasteiger partial charge in [0.15, 0.2) is 0 Å². The van der Waals surface area contributed by atoms with Crippen molar-refractivity contribution in [3.8, 4) is 0 Å². The van der Waals surface area contributed by atoms with Crippen LogP contribution in [0.4, 0.5) is 0 Å². The third-order valence-corrected chi connectivity index (χ3v) is 7.21. The number of sulfonamides is 1. The molecule has 0 aliphatic rings. The van der Waals surface area contributed by atoms with E-state index in [9.17, 15) is 16.8 Å². The van der Waals surface area contributed by atoms with Crippen molar-refractivity contribution in [2.24, 2.45) is 5.14 Å². The molecule has 0 fully saturated rings. The van der Waals surface area contributed by atoms with Crippen molar-refractivity contribution < 1.29 is 16.8 Å². The van der Waals surface area contributed by atoms with Crippen LogP contribution in [0.5, 0.6) is 0 Å². The smallest absolute Gasteiger partial charge is 0.224 e. The zero-order chi connectivity index (χ0) is 14.3. The Bertz CT molecular complexity index is 824. The maximum absolute atomic E-state index is 12.2. The SMILES string of the molecule is NS(=O)(=O)c1ccc(S(=O)(=O)c2cccc(Cl)c2)s1. The van der Waals surface area contributed by atoms with Crippen molar-refractivity contribution in [3.63, 3.8) is 0 Å². The van der Waals surface area contributed by atoms with Crippen LogP contribution in [0, 0.1) is 0 Å². The molecule has 9 heteroatoms. The zero-order valence-corrected chi connectivity index (χ0v) is 12.5. The minimum absolute atomic E-state index is 0.00261. The third-order valence-electron chi connectivity index (χ3n) is 2.21. The van der Waals surface area contributed by atoms with Crippen molar-refractivity contribution in [2.75, 3.05) is 0 Å². The first-order valence-electron chi connectivity index (χ1n) is 4.84. The molecule has 0 saturated carbocycles. The Morgan fingerprint density at radius 3 is 2.16 bits per heavy atom. The van der Waals surface area contributed by atoms with E-state index in [1.54, 1.807) is 6.07 Å². The van der Waals surface area contributed by atoms with Crippen molar-refractivity contribution in [3.05, 3.63) is 41.4 Å². The lowest BCUT2D eigenvalue weighted by Crippen LogP contribution is -2.09. The molecule has 2 N–H and O–H groups in total. The maximum atomic E-state index is 12.2. The summed E-state index contributed by atoms with van der Waals surface area (Å²) in [4.78, 5) is 0.00261. The number of sulfone groups is 1. The summed E-state index contributed by atoms with van der Waals surface area (Å²) in [6.45, 7) is 0. The maximum Gasteiger partial charge on any atom is 0.247 e. The van der Waals surface area contributed by atoms with Crippen molar-refractivity contribution >= 4 is 42.8 Å². The largest absolute Gasteiger partial charge is 0.247 e. The van der Waals surface area contributed by atoms with E-state index in [2.05, 4.69) is 0 Å². The molecule has 0 aliphatic heterocycles. The molecule has 0 spiro atoms. The van der Waals surface area contributed by atoms with Gasteiger partial charge in [-0.2, -0.15) is 0 Å². The average molecular weight is 338 g/mol. The molecule has 0 aliphatic carbocycles. The van der Waals surface area contributed by atoms with E-state index >= 15 is 0 Å². The number of thiophene rings is 1. The molecule has 5 nitrogen and oxygen atoms in total. The van der Waals surface area contributed by atoms with Crippen LogP contribution in [-0.2, 0) is 19.9 Å². The zero-order valence-electron chi connectivity index (χ0n) is 9.28. The molecule has 0 amide bonds. The molecular weight excluding hydrogens is 330 g/mol. The molecule has 0 radical (unpaired) electrons. The van der Waals surface area contributed by atoms with E-state index in [0.717, 1.165) is 6.07 Å². The van der Waals surface area contributed by atoms with Crippen LogP contribution in [0.25, 0.3) is 0 Å². The van der Waals surface area contributed by atoms with Gasteiger partial charge >= 0.3 is 0 Å². The van der Waals surface area contributed by atoms with Gasteiger partial charge in [-0.05, 0) is 30.3 Å². The quantitative estimate of drug-likeness (QED) is 0.925. The van der Waals surface area contributed by atoms with E-state index in [-0.39, 0.29) is 18.3 Å². The summed E-state index contributed by atoms with van der Waals surface area (Å²) >= 11 is 6.34. The minimum Gasteiger partial charge on any atom is -0.224 e. The molecule has 2 aromatic rings.